The molecule has 0 amide bonds. The Morgan fingerprint density at radius 3 is 2.50 bits per heavy atom. The normalized spacial score (nSPS) is 15.2. The van der Waals surface area contributed by atoms with Crippen LogP contribution in [0.2, 0.25) is 0 Å². The van der Waals surface area contributed by atoms with E-state index in [0.29, 0.717) is 11.9 Å². The van der Waals surface area contributed by atoms with Gasteiger partial charge in [-0.2, -0.15) is 0 Å². The zero-order valence-corrected chi connectivity index (χ0v) is 15.2. The lowest BCUT2D eigenvalue weighted by Crippen LogP contribution is -2.38. The number of nitrogens with zero attached hydrogens (tertiary/aromatic N) is 3. The number of hydrogen-bond acceptors (Lipinski definition) is 5. The largest absolute Gasteiger partial charge is 0.489 e. The monoisotopic (exact) mass is 357 g/mol. The Morgan fingerprint density at radius 2 is 2.00 bits per heavy atom. The predicted octanol–water partition coefficient (Wildman–Crippen LogP) is 2.46. The van der Waals surface area contributed by atoms with Crippen molar-refractivity contribution in [2.45, 2.75) is 25.3 Å². The lowest BCUT2D eigenvalue weighted by Gasteiger charge is -2.40. The fourth-order valence-electron chi connectivity index (χ4n) is 3.56. The summed E-state index contributed by atoms with van der Waals surface area (Å²) in [6.45, 7) is 0. The van der Waals surface area contributed by atoms with Gasteiger partial charge in [-0.15, -0.1) is 0 Å². The van der Waals surface area contributed by atoms with E-state index in [4.69, 9.17) is 4.74 Å². The molecule has 0 aliphatic heterocycles. The molecule has 7 nitrogen and oxygen atoms in total. The molecule has 1 aromatic heterocycles. The second-order valence-corrected chi connectivity index (χ2v) is 6.62. The second kappa shape index (κ2) is 7.19. The molecule has 1 atom stereocenters. The topological polar surface area (TPSA) is 84.7 Å². The van der Waals surface area contributed by atoms with Crippen LogP contribution in [0.1, 0.15) is 41.4 Å². The van der Waals surface area contributed by atoms with E-state index in [1.54, 1.807) is 7.05 Å². The summed E-state index contributed by atoms with van der Waals surface area (Å²) in [6.07, 6.45) is 3.37. The molecule has 0 saturated heterocycles. The summed E-state index contributed by atoms with van der Waals surface area (Å²) in [6, 6.07) is 10.1. The Labute approximate surface area is 151 Å². The van der Waals surface area contributed by atoms with E-state index in [1.807, 2.05) is 30.1 Å². The Hall–Kier alpha value is -2.83. The summed E-state index contributed by atoms with van der Waals surface area (Å²) in [5.41, 5.74) is 0.252. The van der Waals surface area contributed by atoms with Crippen LogP contribution in [0.15, 0.2) is 35.1 Å². The molecule has 138 valence electrons. The van der Waals surface area contributed by atoms with Crippen molar-refractivity contribution in [1.82, 2.24) is 9.55 Å². The average Bonchev–Trinajstić information content (AvgIpc) is 2.60. The van der Waals surface area contributed by atoms with Crippen molar-refractivity contribution in [3.63, 3.8) is 0 Å². The maximum absolute atomic E-state index is 12.6. The van der Waals surface area contributed by atoms with Crippen LogP contribution in [0.25, 0.3) is 0 Å². The van der Waals surface area contributed by atoms with Crippen molar-refractivity contribution in [3.8, 4) is 5.75 Å². The minimum absolute atomic E-state index is 0.0260. The number of carboxylic acid groups (broad SMARTS) is 1. The first kappa shape index (κ1) is 18.0. The van der Waals surface area contributed by atoms with Crippen molar-refractivity contribution in [1.29, 1.82) is 0 Å². The first-order chi connectivity index (χ1) is 12.5. The van der Waals surface area contributed by atoms with E-state index in [-0.39, 0.29) is 17.5 Å². The van der Waals surface area contributed by atoms with Gasteiger partial charge >= 0.3 is 5.97 Å². The van der Waals surface area contributed by atoms with Crippen molar-refractivity contribution in [3.05, 3.63) is 51.9 Å². The second-order valence-electron chi connectivity index (χ2n) is 6.62. The van der Waals surface area contributed by atoms with Gasteiger partial charge in [0, 0.05) is 14.1 Å². The molecule has 0 radical (unpaired) electrons. The molecule has 3 rings (SSSR count). The van der Waals surface area contributed by atoms with Crippen LogP contribution >= 0.6 is 0 Å². The van der Waals surface area contributed by atoms with Gasteiger partial charge in [0.05, 0.1) is 13.2 Å². The average molecular weight is 357 g/mol. The van der Waals surface area contributed by atoms with E-state index < -0.39 is 11.5 Å². The van der Waals surface area contributed by atoms with Crippen LogP contribution in [-0.4, -0.2) is 34.8 Å². The number of carbonyl (C=O) groups is 1. The molecule has 2 aromatic rings. The summed E-state index contributed by atoms with van der Waals surface area (Å²) in [7, 11) is 4.71. The maximum Gasteiger partial charge on any atom is 0.358 e. The highest BCUT2D eigenvalue weighted by Gasteiger charge is 2.34. The number of hydrogen-bond donors (Lipinski definition) is 1. The molecule has 1 heterocycles. The lowest BCUT2D eigenvalue weighted by molar-refractivity contribution is 0.0685. The Morgan fingerprint density at radius 1 is 1.35 bits per heavy atom. The van der Waals surface area contributed by atoms with E-state index in [1.165, 1.54) is 18.1 Å². The van der Waals surface area contributed by atoms with Crippen molar-refractivity contribution in [2.24, 2.45) is 13.0 Å². The fraction of sp³-hybridized carbons (Fsp3) is 0.421. The van der Waals surface area contributed by atoms with Gasteiger partial charge in [-0.25, -0.2) is 9.78 Å². The number of methoxy groups -OCH3 is 1. The summed E-state index contributed by atoms with van der Waals surface area (Å²) in [5, 5.41) is 9.43. The van der Waals surface area contributed by atoms with Crippen LogP contribution < -0.4 is 15.2 Å². The molecule has 0 spiro atoms. The molecular weight excluding hydrogens is 334 g/mol. The maximum atomic E-state index is 12.6. The fourth-order valence-corrected chi connectivity index (χ4v) is 3.56. The van der Waals surface area contributed by atoms with E-state index >= 15 is 0 Å². The van der Waals surface area contributed by atoms with Gasteiger partial charge < -0.3 is 14.7 Å². The smallest absolute Gasteiger partial charge is 0.358 e. The molecular formula is C19H23N3O4. The van der Waals surface area contributed by atoms with Crippen molar-refractivity contribution >= 4 is 11.9 Å². The van der Waals surface area contributed by atoms with Gasteiger partial charge in [0.25, 0.3) is 5.56 Å². The number of anilines is 1. The third-order valence-corrected chi connectivity index (χ3v) is 5.10. The molecule has 0 bridgehead atoms. The van der Waals surface area contributed by atoms with Crippen LogP contribution in [0.5, 0.6) is 5.75 Å². The van der Waals surface area contributed by atoms with Crippen LogP contribution in [0, 0.1) is 5.92 Å². The molecule has 1 N–H and O–H groups in total. The SMILES string of the molecule is COc1c(C(=O)O)nc(N(C)C(c2ccccc2)C2CCC2)n(C)c1=O. The van der Waals surface area contributed by atoms with Gasteiger partial charge in [0.2, 0.25) is 11.7 Å². The van der Waals surface area contributed by atoms with Gasteiger partial charge in [-0.3, -0.25) is 9.36 Å². The summed E-state index contributed by atoms with van der Waals surface area (Å²) < 4.78 is 6.33. The number of aromatic nitrogens is 2. The van der Waals surface area contributed by atoms with E-state index in [2.05, 4.69) is 17.1 Å². The third kappa shape index (κ3) is 3.05. The molecule has 26 heavy (non-hydrogen) atoms. The molecule has 1 aromatic carbocycles. The quantitative estimate of drug-likeness (QED) is 0.855. The summed E-state index contributed by atoms with van der Waals surface area (Å²) in [5.74, 6) is -0.783. The van der Waals surface area contributed by atoms with Gasteiger partial charge in [0.1, 0.15) is 0 Å². The molecule has 1 fully saturated rings. The third-order valence-electron chi connectivity index (χ3n) is 5.10. The lowest BCUT2D eigenvalue weighted by atomic mass is 9.76. The Kier molecular flexibility index (Phi) is 4.97. The van der Waals surface area contributed by atoms with Crippen LogP contribution in [0.4, 0.5) is 5.95 Å². The number of benzene rings is 1. The zero-order chi connectivity index (χ0) is 18.8. The number of aromatic carboxylic acids is 1. The molecule has 7 heteroatoms. The zero-order valence-electron chi connectivity index (χ0n) is 15.2. The first-order valence-electron chi connectivity index (χ1n) is 8.61. The number of rotatable bonds is 6. The standard InChI is InChI=1S/C19H23N3O4/c1-21(15(13-10-7-11-13)12-8-5-4-6-9-12)19-20-14(18(24)25)16(26-3)17(23)22(19)2/h4-6,8-9,13,15H,7,10-11H2,1-3H3,(H,24,25). The molecule has 1 saturated carbocycles. The van der Waals surface area contributed by atoms with Crippen molar-refractivity contribution in [2.75, 3.05) is 19.1 Å². The summed E-state index contributed by atoms with van der Waals surface area (Å²) >= 11 is 0. The van der Waals surface area contributed by atoms with Crippen LogP contribution in [-0.2, 0) is 7.05 Å². The predicted molar refractivity (Wildman–Crippen MR) is 97.9 cm³/mol. The molecule has 1 unspecified atom stereocenters. The Bertz CT molecular complexity index is 859. The highest BCUT2D eigenvalue weighted by Crippen LogP contribution is 2.42. The highest BCUT2D eigenvalue weighted by atomic mass is 16.5. The highest BCUT2D eigenvalue weighted by molar-refractivity contribution is 5.88. The molecule has 1 aliphatic carbocycles. The summed E-state index contributed by atoms with van der Waals surface area (Å²) in [4.78, 5) is 30.3. The van der Waals surface area contributed by atoms with Gasteiger partial charge in [0.15, 0.2) is 5.69 Å². The number of carboxylic acids is 1. The van der Waals surface area contributed by atoms with Crippen molar-refractivity contribution < 1.29 is 14.6 Å². The Balaban J connectivity index is 2.11. The van der Waals surface area contributed by atoms with Gasteiger partial charge in [-0.05, 0) is 24.3 Å². The minimum atomic E-state index is -1.28. The van der Waals surface area contributed by atoms with Gasteiger partial charge in [-0.1, -0.05) is 36.8 Å². The molecule has 1 aliphatic rings. The number of ether oxygens (including phenoxy) is 1. The van der Waals surface area contributed by atoms with E-state index in [9.17, 15) is 14.7 Å². The van der Waals surface area contributed by atoms with Crippen LogP contribution in [0.3, 0.4) is 0 Å². The van der Waals surface area contributed by atoms with E-state index in [0.717, 1.165) is 18.4 Å². The first-order valence-corrected chi connectivity index (χ1v) is 8.61. The minimum Gasteiger partial charge on any atom is -0.489 e.